The van der Waals surface area contributed by atoms with Gasteiger partial charge in [-0.25, -0.2) is 0 Å². The van der Waals surface area contributed by atoms with Gasteiger partial charge in [0.1, 0.15) is 0 Å². The molecule has 0 bridgehead atoms. The van der Waals surface area contributed by atoms with Crippen LogP contribution in [0.2, 0.25) is 0 Å². The van der Waals surface area contributed by atoms with Crippen LogP contribution in [0.1, 0.15) is 0 Å². The maximum absolute atomic E-state index is 7.43. The average Bonchev–Trinajstić information content (AvgIpc) is 1.70. The molecule has 0 saturated carbocycles. The van der Waals surface area contributed by atoms with Crippen LogP contribution < -0.4 is 29.6 Å². The molecule has 3 nitrogen and oxygen atoms in total. The monoisotopic (exact) mass is 207 g/mol. The summed E-state index contributed by atoms with van der Waals surface area (Å²) in [5.41, 5.74) is 0. The summed E-state index contributed by atoms with van der Waals surface area (Å²) in [6.07, 6.45) is 0. The standard InChI is InChI=1S/3CH3BN.Na.Zn/c3*2-1-3;;/h3*2H3;;/q3*-1;+1;+2. The first-order valence-electron chi connectivity index (χ1n) is 0.671. The van der Waals surface area contributed by atoms with Crippen LogP contribution in [0.15, 0.2) is 0 Å². The molecule has 0 aromatic rings. The molecule has 48 valence electrons. The van der Waals surface area contributed by atoms with E-state index in [1.807, 2.05) is 17.9 Å². The average molecular weight is 208 g/mol. The van der Waals surface area contributed by atoms with E-state index in [9.17, 15) is 0 Å². The first-order valence-corrected chi connectivity index (χ1v) is 0.671. The molecule has 0 aliphatic heterocycles. The fourth-order valence-electron chi connectivity index (χ4n) is 0. The molecule has 0 atom stereocenters. The molecular formula is C3H9B3N3NaZn. The smallest absolute Gasteiger partial charge is 0.251 e. The van der Waals surface area contributed by atoms with Crippen molar-refractivity contribution in [2.45, 2.75) is 0 Å². The number of nitriles is 3. The van der Waals surface area contributed by atoms with Crippen LogP contribution in [0.4, 0.5) is 0 Å². The van der Waals surface area contributed by atoms with Gasteiger partial charge in [-0.05, 0) is 0 Å². The summed E-state index contributed by atoms with van der Waals surface area (Å²) < 4.78 is 0. The second-order valence-corrected chi connectivity index (χ2v) is 0. The van der Waals surface area contributed by atoms with E-state index in [0.717, 1.165) is 0 Å². The van der Waals surface area contributed by atoms with Gasteiger partial charge in [0.15, 0.2) is 0 Å². The van der Waals surface area contributed by atoms with Crippen molar-refractivity contribution < 1.29 is 49.0 Å². The molecule has 0 radical (unpaired) electrons. The van der Waals surface area contributed by atoms with Gasteiger partial charge in [-0.3, -0.25) is 15.8 Å². The Bertz CT molecular complexity index is 117. The van der Waals surface area contributed by atoms with Gasteiger partial charge in [0.05, 0.1) is 23.5 Å². The molecule has 0 heterocycles. The summed E-state index contributed by atoms with van der Waals surface area (Å²) in [6, 6.07) is 0. The van der Waals surface area contributed by atoms with Crippen LogP contribution in [0.5, 0.6) is 0 Å². The SMILES string of the molecule is [BH3-]C#N.[BH3-]C#N.[BH3-]C#N.[Na+].[Zn+2]. The van der Waals surface area contributed by atoms with Crippen LogP contribution in [0.3, 0.4) is 0 Å². The summed E-state index contributed by atoms with van der Waals surface area (Å²) in [5, 5.41) is 22.3. The van der Waals surface area contributed by atoms with E-state index in [1.54, 1.807) is 0 Å². The van der Waals surface area contributed by atoms with E-state index in [-0.39, 0.29) is 72.6 Å². The maximum Gasteiger partial charge on any atom is 2.00 e. The van der Waals surface area contributed by atoms with Crippen molar-refractivity contribution in [3.63, 3.8) is 0 Å². The van der Waals surface area contributed by atoms with Gasteiger partial charge in [-0.2, -0.15) is 17.9 Å². The number of hydrogen-bond donors (Lipinski definition) is 0. The Morgan fingerprint density at radius 2 is 0.727 bits per heavy atom. The third-order valence-electron chi connectivity index (χ3n) is 0. The Hall–Kier alpha value is 0.288. The number of rotatable bonds is 0. The number of nitrogens with zero attached hydrogens (tertiary/aromatic N) is 3. The molecule has 0 aromatic heterocycles. The minimum absolute atomic E-state index is 0. The van der Waals surface area contributed by atoms with Crippen LogP contribution in [-0.4, -0.2) is 23.5 Å². The minimum Gasteiger partial charge on any atom is -0.251 e. The Morgan fingerprint density at radius 1 is 0.727 bits per heavy atom. The van der Waals surface area contributed by atoms with E-state index in [0.29, 0.717) is 0 Å². The molecule has 0 spiro atoms. The molecule has 0 amide bonds. The predicted molar refractivity (Wildman–Crippen MR) is 46.7 cm³/mol. The molecule has 11 heavy (non-hydrogen) atoms. The quantitative estimate of drug-likeness (QED) is 0.371. The van der Waals surface area contributed by atoms with Crippen molar-refractivity contribution >= 4 is 23.5 Å². The fourth-order valence-corrected chi connectivity index (χ4v) is 0. The Morgan fingerprint density at radius 3 is 0.727 bits per heavy atom. The summed E-state index contributed by atoms with van der Waals surface area (Å²) in [7, 11) is 0.208. The largest absolute Gasteiger partial charge is 2.00 e. The van der Waals surface area contributed by atoms with Crippen LogP contribution in [0.25, 0.3) is 0 Å². The van der Waals surface area contributed by atoms with Gasteiger partial charge < -0.3 is 0 Å². The zero-order valence-corrected chi connectivity index (χ0v) is 9.52. The maximum atomic E-state index is 7.43. The number of hydrogen-bond acceptors (Lipinski definition) is 3. The van der Waals surface area contributed by atoms with Gasteiger partial charge in [0.2, 0.25) is 0 Å². The van der Waals surface area contributed by atoms with E-state index in [2.05, 4.69) is 0 Å². The Kier molecular flexibility index (Phi) is 226. The third kappa shape index (κ3) is 8510. The zero-order chi connectivity index (χ0) is 8.12. The second kappa shape index (κ2) is 82.1. The van der Waals surface area contributed by atoms with Crippen molar-refractivity contribution in [2.75, 3.05) is 0 Å². The van der Waals surface area contributed by atoms with E-state index < -0.39 is 0 Å². The topological polar surface area (TPSA) is 71.4 Å². The van der Waals surface area contributed by atoms with Crippen molar-refractivity contribution in [3.8, 4) is 17.9 Å². The molecule has 0 fully saturated rings. The minimum atomic E-state index is 0. The van der Waals surface area contributed by atoms with Crippen molar-refractivity contribution in [1.29, 1.82) is 15.8 Å². The Labute approximate surface area is 105 Å². The van der Waals surface area contributed by atoms with Crippen LogP contribution >= 0.6 is 0 Å². The molecule has 0 saturated heterocycles. The zero-order valence-electron chi connectivity index (χ0n) is 4.55. The van der Waals surface area contributed by atoms with Gasteiger partial charge in [0.25, 0.3) is 0 Å². The van der Waals surface area contributed by atoms with Gasteiger partial charge >= 0.3 is 49.0 Å². The molecule has 0 aliphatic carbocycles. The van der Waals surface area contributed by atoms with Crippen molar-refractivity contribution in [3.05, 3.63) is 0 Å². The van der Waals surface area contributed by atoms with Crippen LogP contribution in [0, 0.1) is 33.7 Å². The summed E-state index contributed by atoms with van der Waals surface area (Å²) in [4.78, 5) is 0. The first-order chi connectivity index (χ1) is 4.24. The normalized spacial score (nSPS) is 2.18. The third-order valence-corrected chi connectivity index (χ3v) is 0. The molecular weight excluding hydrogens is 199 g/mol. The molecule has 0 unspecified atom stereocenters. The van der Waals surface area contributed by atoms with Gasteiger partial charge in [-0.1, -0.05) is 0 Å². The molecule has 0 rings (SSSR count). The molecule has 0 N–H and O–H groups in total. The molecule has 8 heteroatoms. The summed E-state index contributed by atoms with van der Waals surface area (Å²) >= 11 is 0. The van der Waals surface area contributed by atoms with E-state index >= 15 is 0 Å². The van der Waals surface area contributed by atoms with Crippen molar-refractivity contribution in [1.82, 2.24) is 0 Å². The van der Waals surface area contributed by atoms with Crippen LogP contribution in [-0.2, 0) is 19.5 Å². The van der Waals surface area contributed by atoms with E-state index in [4.69, 9.17) is 15.8 Å². The predicted octanol–water partition coefficient (Wildman–Crippen LogP) is -6.50. The molecule has 0 aliphatic rings. The first kappa shape index (κ1) is 30.2. The summed E-state index contributed by atoms with van der Waals surface area (Å²) in [6.45, 7) is 0. The van der Waals surface area contributed by atoms with Gasteiger partial charge in [-0.15, -0.1) is 0 Å². The fraction of sp³-hybridized carbons (Fsp3) is 0. The second-order valence-electron chi connectivity index (χ2n) is 0. The molecule has 0 aromatic carbocycles. The van der Waals surface area contributed by atoms with Crippen molar-refractivity contribution in [2.24, 2.45) is 0 Å². The Balaban J connectivity index is -0.0000000150. The summed E-state index contributed by atoms with van der Waals surface area (Å²) in [5.74, 6) is 6.00. The van der Waals surface area contributed by atoms with E-state index in [1.165, 1.54) is 0 Å². The van der Waals surface area contributed by atoms with Gasteiger partial charge in [0, 0.05) is 0 Å².